The number of ketones is 1. The standard InChI is InChI=1S/C8H13NO/c9-5-8-3-1-6(8)7(10)2-4-8/h6H,1-5,9H2/t6-,8+/m0/s1. The van der Waals surface area contributed by atoms with Crippen molar-refractivity contribution in [2.45, 2.75) is 25.7 Å². The molecule has 0 unspecified atom stereocenters. The molecule has 2 saturated carbocycles. The van der Waals surface area contributed by atoms with Crippen molar-refractivity contribution in [1.82, 2.24) is 0 Å². The highest BCUT2D eigenvalue weighted by Gasteiger charge is 2.53. The smallest absolute Gasteiger partial charge is 0.136 e. The molecule has 2 aliphatic rings. The molecule has 2 N–H and O–H groups in total. The minimum absolute atomic E-state index is 0.275. The van der Waals surface area contributed by atoms with E-state index in [4.69, 9.17) is 5.73 Å². The molecule has 0 spiro atoms. The third-order valence-corrected chi connectivity index (χ3v) is 3.33. The first kappa shape index (κ1) is 6.35. The summed E-state index contributed by atoms with van der Waals surface area (Å²) in [5.41, 5.74) is 5.89. The second-order valence-electron chi connectivity index (χ2n) is 3.62. The highest BCUT2D eigenvalue weighted by atomic mass is 16.1. The van der Waals surface area contributed by atoms with Crippen molar-refractivity contribution in [3.05, 3.63) is 0 Å². The monoisotopic (exact) mass is 139 g/mol. The zero-order valence-electron chi connectivity index (χ0n) is 6.10. The molecule has 0 radical (unpaired) electrons. The molecule has 0 aliphatic heterocycles. The lowest BCUT2D eigenvalue weighted by Gasteiger charge is -2.43. The Morgan fingerprint density at radius 1 is 1.60 bits per heavy atom. The largest absolute Gasteiger partial charge is 0.330 e. The number of nitrogens with two attached hydrogens (primary N) is 1. The molecular weight excluding hydrogens is 126 g/mol. The molecule has 10 heavy (non-hydrogen) atoms. The van der Waals surface area contributed by atoms with Crippen LogP contribution >= 0.6 is 0 Å². The van der Waals surface area contributed by atoms with Crippen LogP contribution in [0.3, 0.4) is 0 Å². The zero-order valence-corrected chi connectivity index (χ0v) is 6.10. The van der Waals surface area contributed by atoms with Gasteiger partial charge in [0.05, 0.1) is 0 Å². The first-order valence-corrected chi connectivity index (χ1v) is 4.01. The second kappa shape index (κ2) is 1.82. The van der Waals surface area contributed by atoms with E-state index in [2.05, 4.69) is 0 Å². The summed E-state index contributed by atoms with van der Waals surface area (Å²) in [6, 6.07) is 0. The van der Waals surface area contributed by atoms with Crippen molar-refractivity contribution in [1.29, 1.82) is 0 Å². The van der Waals surface area contributed by atoms with Gasteiger partial charge in [-0.1, -0.05) is 0 Å². The van der Waals surface area contributed by atoms with Crippen LogP contribution in [0.5, 0.6) is 0 Å². The molecule has 2 rings (SSSR count). The summed E-state index contributed by atoms with van der Waals surface area (Å²) in [7, 11) is 0. The number of hydrogen-bond acceptors (Lipinski definition) is 2. The van der Waals surface area contributed by atoms with Crippen LogP contribution in [0.15, 0.2) is 0 Å². The van der Waals surface area contributed by atoms with Crippen LogP contribution in [0.2, 0.25) is 0 Å². The fraction of sp³-hybridized carbons (Fsp3) is 0.875. The molecule has 0 aromatic carbocycles. The maximum atomic E-state index is 11.1. The Labute approximate surface area is 60.8 Å². The zero-order chi connectivity index (χ0) is 7.19. The summed E-state index contributed by atoms with van der Waals surface area (Å²) in [6.07, 6.45) is 4.16. The molecule has 0 amide bonds. The quantitative estimate of drug-likeness (QED) is 0.581. The van der Waals surface area contributed by atoms with Gasteiger partial charge < -0.3 is 5.73 Å². The Balaban J connectivity index is 2.19. The molecule has 2 heteroatoms. The first-order valence-electron chi connectivity index (χ1n) is 4.01. The van der Waals surface area contributed by atoms with E-state index in [1.165, 1.54) is 6.42 Å². The molecule has 56 valence electrons. The van der Waals surface area contributed by atoms with Crippen molar-refractivity contribution in [2.24, 2.45) is 17.1 Å². The van der Waals surface area contributed by atoms with E-state index in [-0.39, 0.29) is 5.41 Å². The first-order chi connectivity index (χ1) is 4.78. The van der Waals surface area contributed by atoms with Gasteiger partial charge in [0.15, 0.2) is 0 Å². The minimum Gasteiger partial charge on any atom is -0.330 e. The molecule has 2 fully saturated rings. The van der Waals surface area contributed by atoms with Gasteiger partial charge in [0.2, 0.25) is 0 Å². The van der Waals surface area contributed by atoms with Gasteiger partial charge >= 0.3 is 0 Å². The average Bonchev–Trinajstić information content (AvgIpc) is 2.06. The Bertz CT molecular complexity index is 174. The lowest BCUT2D eigenvalue weighted by atomic mass is 9.62. The molecule has 0 saturated heterocycles. The van der Waals surface area contributed by atoms with Crippen molar-refractivity contribution in [3.8, 4) is 0 Å². The van der Waals surface area contributed by atoms with Crippen LogP contribution in [0.4, 0.5) is 0 Å². The number of Topliss-reactive ketones (excluding diaryl/α,β-unsaturated/α-hetero) is 1. The summed E-state index contributed by atoms with van der Waals surface area (Å²) in [5.74, 6) is 0.828. The van der Waals surface area contributed by atoms with Crippen molar-refractivity contribution < 1.29 is 4.79 Å². The van der Waals surface area contributed by atoms with Gasteiger partial charge in [0.1, 0.15) is 5.78 Å². The fourth-order valence-corrected chi connectivity index (χ4v) is 2.39. The van der Waals surface area contributed by atoms with Crippen LogP contribution in [-0.4, -0.2) is 12.3 Å². The number of carbonyl (C=O) groups is 1. The summed E-state index contributed by atoms with van der Waals surface area (Å²) >= 11 is 0. The molecule has 2 atom stereocenters. The van der Waals surface area contributed by atoms with Gasteiger partial charge in [-0.3, -0.25) is 4.79 Å². The molecular formula is C8H13NO. The van der Waals surface area contributed by atoms with Gasteiger partial charge in [-0.25, -0.2) is 0 Å². The molecule has 0 bridgehead atoms. The predicted molar refractivity (Wildman–Crippen MR) is 38.5 cm³/mol. The van der Waals surface area contributed by atoms with Crippen LogP contribution in [-0.2, 0) is 4.79 Å². The van der Waals surface area contributed by atoms with E-state index in [0.29, 0.717) is 11.7 Å². The Kier molecular flexibility index (Phi) is 1.15. The number of hydrogen-bond donors (Lipinski definition) is 1. The van der Waals surface area contributed by atoms with Crippen molar-refractivity contribution in [2.75, 3.05) is 6.54 Å². The maximum absolute atomic E-state index is 11.1. The number of carbonyl (C=O) groups excluding carboxylic acids is 1. The van der Waals surface area contributed by atoms with Crippen LogP contribution in [0, 0.1) is 11.3 Å². The minimum atomic E-state index is 0.275. The Hall–Kier alpha value is -0.370. The van der Waals surface area contributed by atoms with E-state index in [9.17, 15) is 4.79 Å². The van der Waals surface area contributed by atoms with Crippen LogP contribution in [0.1, 0.15) is 25.7 Å². The lowest BCUT2D eigenvalue weighted by Crippen LogP contribution is -2.44. The van der Waals surface area contributed by atoms with Gasteiger partial charge in [0, 0.05) is 12.3 Å². The summed E-state index contributed by atoms with van der Waals surface area (Å²) in [5, 5.41) is 0. The molecule has 0 aromatic heterocycles. The van der Waals surface area contributed by atoms with Gasteiger partial charge in [-0.2, -0.15) is 0 Å². The van der Waals surface area contributed by atoms with Crippen molar-refractivity contribution >= 4 is 5.78 Å². The van der Waals surface area contributed by atoms with Crippen molar-refractivity contribution in [3.63, 3.8) is 0 Å². The van der Waals surface area contributed by atoms with Crippen LogP contribution in [0.25, 0.3) is 0 Å². The molecule has 2 aliphatic carbocycles. The number of fused-ring (bicyclic) bond motifs is 1. The van der Waals surface area contributed by atoms with E-state index < -0.39 is 0 Å². The maximum Gasteiger partial charge on any atom is 0.136 e. The molecule has 0 heterocycles. The van der Waals surface area contributed by atoms with E-state index in [1.54, 1.807) is 0 Å². The van der Waals surface area contributed by atoms with Gasteiger partial charge in [-0.15, -0.1) is 0 Å². The van der Waals surface area contributed by atoms with E-state index in [0.717, 1.165) is 25.8 Å². The molecule has 0 aromatic rings. The lowest BCUT2D eigenvalue weighted by molar-refractivity contribution is -0.125. The van der Waals surface area contributed by atoms with E-state index >= 15 is 0 Å². The highest BCUT2D eigenvalue weighted by Crippen LogP contribution is 2.54. The summed E-state index contributed by atoms with van der Waals surface area (Å²) < 4.78 is 0. The van der Waals surface area contributed by atoms with E-state index in [1.807, 2.05) is 0 Å². The second-order valence-corrected chi connectivity index (χ2v) is 3.62. The Morgan fingerprint density at radius 2 is 2.40 bits per heavy atom. The van der Waals surface area contributed by atoms with Gasteiger partial charge in [0.25, 0.3) is 0 Å². The average molecular weight is 139 g/mol. The highest BCUT2D eigenvalue weighted by molar-refractivity contribution is 5.85. The third kappa shape index (κ3) is 0.553. The van der Waals surface area contributed by atoms with Crippen LogP contribution < -0.4 is 5.73 Å². The summed E-state index contributed by atoms with van der Waals surface area (Å²) in [6.45, 7) is 0.726. The molecule has 2 nitrogen and oxygen atoms in total. The Morgan fingerprint density at radius 3 is 2.70 bits per heavy atom. The van der Waals surface area contributed by atoms with Gasteiger partial charge in [-0.05, 0) is 31.2 Å². The third-order valence-electron chi connectivity index (χ3n) is 3.33. The summed E-state index contributed by atoms with van der Waals surface area (Å²) in [4.78, 5) is 11.1. The fourth-order valence-electron chi connectivity index (χ4n) is 2.39. The SMILES string of the molecule is NC[C@@]12CCC(=O)[C@@H]1CC2. The normalized spacial score (nSPS) is 44.9. The predicted octanol–water partition coefficient (Wildman–Crippen LogP) is 0.704. The topological polar surface area (TPSA) is 43.1 Å². The number of rotatable bonds is 1.